The molecule has 1 aliphatic carbocycles. The van der Waals surface area contributed by atoms with Gasteiger partial charge in [0.25, 0.3) is 5.91 Å². The molecule has 1 atom stereocenters. The lowest BCUT2D eigenvalue weighted by molar-refractivity contribution is -0.119. The van der Waals surface area contributed by atoms with Gasteiger partial charge in [-0.05, 0) is 56.1 Å². The van der Waals surface area contributed by atoms with Gasteiger partial charge in [0.15, 0.2) is 0 Å². The van der Waals surface area contributed by atoms with Crippen LogP contribution in [0.1, 0.15) is 86.7 Å². The lowest BCUT2D eigenvalue weighted by Crippen LogP contribution is -2.49. The summed E-state index contributed by atoms with van der Waals surface area (Å²) in [5.74, 6) is -0.946. The van der Waals surface area contributed by atoms with Crippen LogP contribution in [-0.4, -0.2) is 38.2 Å². The first-order chi connectivity index (χ1) is 17.7. The molecule has 3 aromatic heterocycles. The molecule has 0 aliphatic heterocycles. The van der Waals surface area contributed by atoms with Crippen LogP contribution in [0, 0.1) is 24.7 Å². The van der Waals surface area contributed by atoms with Crippen molar-refractivity contribution in [2.75, 3.05) is 5.32 Å². The summed E-state index contributed by atoms with van der Waals surface area (Å²) in [6, 6.07) is 2.36. The second-order valence-electron chi connectivity index (χ2n) is 10.3. The Balaban J connectivity index is 1.56. The molecule has 0 saturated heterocycles. The minimum Gasteiger partial charge on any atom is -0.364 e. The van der Waals surface area contributed by atoms with E-state index in [1.54, 1.807) is 19.1 Å². The molecule has 10 heteroatoms. The van der Waals surface area contributed by atoms with E-state index in [0.717, 1.165) is 31.4 Å². The molecule has 0 aromatic carbocycles. The van der Waals surface area contributed by atoms with Gasteiger partial charge in [-0.3, -0.25) is 14.7 Å². The maximum Gasteiger partial charge on any atom is 0.257 e. The standard InChI is InChI=1S/C27H35FN6O3/c1-6-20-22(16(5)32-33-20)18-11-12-21(29-25(18)28)30-27(36)24(17-9-7-15(4)8-10-17)31-26(35)19-13-37-34-23(19)14(2)3/h11-15,17,24H,6-10H2,1-5H3,(H,31,35)(H,32,33)(H,29,30,36). The van der Waals surface area contributed by atoms with Gasteiger partial charge in [-0.15, -0.1) is 0 Å². The average molecular weight is 511 g/mol. The van der Waals surface area contributed by atoms with Gasteiger partial charge in [0.1, 0.15) is 23.7 Å². The number of aromatic amines is 1. The van der Waals surface area contributed by atoms with E-state index in [2.05, 4.69) is 37.9 Å². The number of aryl methyl sites for hydroxylation is 2. The molecule has 2 amide bonds. The van der Waals surface area contributed by atoms with Crippen LogP contribution < -0.4 is 10.6 Å². The molecular formula is C27H35FN6O3. The number of nitrogens with zero attached hydrogens (tertiary/aromatic N) is 3. The van der Waals surface area contributed by atoms with Gasteiger partial charge in [0.05, 0.1) is 11.4 Å². The highest BCUT2D eigenvalue weighted by atomic mass is 19.1. The number of pyridine rings is 1. The zero-order valence-electron chi connectivity index (χ0n) is 22.0. The maximum atomic E-state index is 15.1. The first-order valence-electron chi connectivity index (χ1n) is 13.0. The zero-order chi connectivity index (χ0) is 26.7. The summed E-state index contributed by atoms with van der Waals surface area (Å²) >= 11 is 0. The van der Waals surface area contributed by atoms with Crippen LogP contribution in [0.3, 0.4) is 0 Å². The van der Waals surface area contributed by atoms with E-state index in [9.17, 15) is 9.59 Å². The minimum atomic E-state index is -0.803. The molecule has 198 valence electrons. The van der Waals surface area contributed by atoms with Crippen LogP contribution >= 0.6 is 0 Å². The number of anilines is 1. The van der Waals surface area contributed by atoms with Gasteiger partial charge in [-0.1, -0.05) is 45.7 Å². The molecule has 3 aromatic rings. The van der Waals surface area contributed by atoms with Crippen LogP contribution in [-0.2, 0) is 11.2 Å². The van der Waals surface area contributed by atoms with Crippen LogP contribution in [0.25, 0.3) is 11.1 Å². The number of nitrogens with one attached hydrogen (secondary N) is 3. The molecule has 3 N–H and O–H groups in total. The predicted octanol–water partition coefficient (Wildman–Crippen LogP) is 5.16. The third-order valence-corrected chi connectivity index (χ3v) is 7.24. The Hall–Kier alpha value is -3.56. The van der Waals surface area contributed by atoms with Crippen LogP contribution in [0.5, 0.6) is 0 Å². The number of carbonyl (C=O) groups is 2. The third kappa shape index (κ3) is 5.73. The number of hydrogen-bond acceptors (Lipinski definition) is 6. The molecule has 0 bridgehead atoms. The van der Waals surface area contributed by atoms with Gasteiger partial charge in [0, 0.05) is 16.8 Å². The smallest absolute Gasteiger partial charge is 0.257 e. The van der Waals surface area contributed by atoms with Gasteiger partial charge >= 0.3 is 0 Å². The third-order valence-electron chi connectivity index (χ3n) is 7.24. The summed E-state index contributed by atoms with van der Waals surface area (Å²) in [6.45, 7) is 9.79. The summed E-state index contributed by atoms with van der Waals surface area (Å²) in [5, 5.41) is 16.7. The summed E-state index contributed by atoms with van der Waals surface area (Å²) < 4.78 is 20.1. The minimum absolute atomic E-state index is 0.0138. The molecule has 9 nitrogen and oxygen atoms in total. The van der Waals surface area contributed by atoms with Gasteiger partial charge in [0.2, 0.25) is 11.9 Å². The van der Waals surface area contributed by atoms with Gasteiger partial charge in [-0.25, -0.2) is 4.98 Å². The van der Waals surface area contributed by atoms with Crippen LogP contribution in [0.2, 0.25) is 0 Å². The molecule has 37 heavy (non-hydrogen) atoms. The molecule has 3 heterocycles. The van der Waals surface area contributed by atoms with E-state index < -0.39 is 23.8 Å². The Bertz CT molecular complexity index is 1260. The van der Waals surface area contributed by atoms with E-state index in [1.165, 1.54) is 6.26 Å². The van der Waals surface area contributed by atoms with E-state index >= 15 is 4.39 Å². The highest BCUT2D eigenvalue weighted by Gasteiger charge is 2.34. The summed E-state index contributed by atoms with van der Waals surface area (Å²) in [7, 11) is 0. The Morgan fingerprint density at radius 2 is 1.95 bits per heavy atom. The molecule has 1 saturated carbocycles. The monoisotopic (exact) mass is 510 g/mol. The summed E-state index contributed by atoms with van der Waals surface area (Å²) in [6.07, 6.45) is 5.53. The molecular weight excluding hydrogens is 475 g/mol. The van der Waals surface area contributed by atoms with E-state index in [-0.39, 0.29) is 17.7 Å². The predicted molar refractivity (Wildman–Crippen MR) is 137 cm³/mol. The fraction of sp³-hybridized carbons (Fsp3) is 0.519. The van der Waals surface area contributed by atoms with Crippen molar-refractivity contribution < 1.29 is 18.5 Å². The van der Waals surface area contributed by atoms with Crippen molar-refractivity contribution in [3.63, 3.8) is 0 Å². The molecule has 0 radical (unpaired) electrons. The number of H-pyrrole nitrogens is 1. The van der Waals surface area contributed by atoms with Crippen molar-refractivity contribution in [3.05, 3.63) is 47.0 Å². The summed E-state index contributed by atoms with van der Waals surface area (Å²) in [5.41, 5.74) is 3.35. The molecule has 1 unspecified atom stereocenters. The van der Waals surface area contributed by atoms with Crippen molar-refractivity contribution >= 4 is 17.6 Å². The number of rotatable bonds is 8. The molecule has 1 fully saturated rings. The SMILES string of the molecule is CCc1[nH]nc(C)c1-c1ccc(NC(=O)C(NC(=O)c2conc2C(C)C)C2CCC(C)CC2)nc1F. The second kappa shape index (κ2) is 11.2. The van der Waals surface area contributed by atoms with Crippen LogP contribution in [0.4, 0.5) is 10.2 Å². The van der Waals surface area contributed by atoms with Crippen molar-refractivity contribution in [2.45, 2.75) is 78.7 Å². The molecule has 0 spiro atoms. The quantitative estimate of drug-likeness (QED) is 0.360. The fourth-order valence-corrected chi connectivity index (χ4v) is 5.06. The maximum absolute atomic E-state index is 15.1. The fourth-order valence-electron chi connectivity index (χ4n) is 5.06. The number of amides is 2. The van der Waals surface area contributed by atoms with Crippen molar-refractivity contribution in [3.8, 4) is 11.1 Å². The van der Waals surface area contributed by atoms with Gasteiger partial charge in [-0.2, -0.15) is 9.49 Å². The van der Waals surface area contributed by atoms with E-state index in [0.29, 0.717) is 40.4 Å². The van der Waals surface area contributed by atoms with Crippen molar-refractivity contribution in [1.82, 2.24) is 25.7 Å². The number of hydrogen-bond donors (Lipinski definition) is 3. The summed E-state index contributed by atoms with van der Waals surface area (Å²) in [4.78, 5) is 30.6. The molecule has 1 aliphatic rings. The zero-order valence-corrected chi connectivity index (χ0v) is 22.0. The van der Waals surface area contributed by atoms with Crippen molar-refractivity contribution in [2.24, 2.45) is 11.8 Å². The number of carbonyl (C=O) groups excluding carboxylic acids is 2. The average Bonchev–Trinajstić information content (AvgIpc) is 3.50. The highest BCUT2D eigenvalue weighted by molar-refractivity contribution is 6.01. The lowest BCUT2D eigenvalue weighted by atomic mass is 9.79. The Labute approximate surface area is 216 Å². The molecule has 4 rings (SSSR count). The van der Waals surface area contributed by atoms with Crippen LogP contribution in [0.15, 0.2) is 22.9 Å². The number of halogens is 1. The Morgan fingerprint density at radius 1 is 1.22 bits per heavy atom. The normalized spacial score (nSPS) is 18.6. The second-order valence-corrected chi connectivity index (χ2v) is 10.3. The Kier molecular flexibility index (Phi) is 8.04. The Morgan fingerprint density at radius 3 is 2.59 bits per heavy atom. The largest absolute Gasteiger partial charge is 0.364 e. The van der Waals surface area contributed by atoms with E-state index in [1.807, 2.05) is 20.8 Å². The first-order valence-corrected chi connectivity index (χ1v) is 13.0. The first kappa shape index (κ1) is 26.5. The van der Waals surface area contributed by atoms with Crippen molar-refractivity contribution in [1.29, 1.82) is 0 Å². The van der Waals surface area contributed by atoms with Gasteiger partial charge < -0.3 is 15.2 Å². The van der Waals surface area contributed by atoms with E-state index in [4.69, 9.17) is 4.52 Å². The topological polar surface area (TPSA) is 126 Å². The number of aromatic nitrogens is 4. The highest BCUT2D eigenvalue weighted by Crippen LogP contribution is 2.32. The lowest BCUT2D eigenvalue weighted by Gasteiger charge is -2.32.